The van der Waals surface area contributed by atoms with Crippen molar-refractivity contribution in [2.75, 3.05) is 20.2 Å². The summed E-state index contributed by atoms with van der Waals surface area (Å²) in [6, 6.07) is -0.330. The summed E-state index contributed by atoms with van der Waals surface area (Å²) in [7, 11) is 1.37. The predicted molar refractivity (Wildman–Crippen MR) is 48.5 cm³/mol. The van der Waals surface area contributed by atoms with Crippen molar-refractivity contribution < 1.29 is 14.3 Å². The normalized spacial score (nSPS) is 31.5. The first-order valence-electron chi connectivity index (χ1n) is 4.84. The molecule has 2 atom stereocenters. The number of amides is 1. The second-order valence-electron chi connectivity index (χ2n) is 3.65. The molecule has 1 unspecified atom stereocenters. The Bertz CT molecular complexity index is 267. The number of nitrogens with one attached hydrogen (secondary N) is 1. The summed E-state index contributed by atoms with van der Waals surface area (Å²) < 4.78 is 4.69. The zero-order valence-electron chi connectivity index (χ0n) is 8.16. The van der Waals surface area contributed by atoms with Crippen LogP contribution in [0.4, 0.5) is 0 Å². The number of esters is 1. The molecule has 5 nitrogen and oxygen atoms in total. The number of nitrogens with zero attached hydrogens (tertiary/aromatic N) is 1. The number of carbonyl (C=O) groups is 2. The summed E-state index contributed by atoms with van der Waals surface area (Å²) in [6.45, 7) is 1.37. The van der Waals surface area contributed by atoms with Crippen LogP contribution in [0.1, 0.15) is 12.8 Å². The van der Waals surface area contributed by atoms with E-state index in [4.69, 9.17) is 4.74 Å². The quantitative estimate of drug-likeness (QED) is 0.556. The van der Waals surface area contributed by atoms with Crippen LogP contribution in [0.15, 0.2) is 0 Å². The molecule has 0 aromatic heterocycles. The van der Waals surface area contributed by atoms with Gasteiger partial charge in [-0.1, -0.05) is 0 Å². The fourth-order valence-corrected chi connectivity index (χ4v) is 2.24. The molecule has 2 rings (SSSR count). The van der Waals surface area contributed by atoms with Crippen molar-refractivity contribution in [3.63, 3.8) is 0 Å². The van der Waals surface area contributed by atoms with E-state index in [2.05, 4.69) is 5.32 Å². The van der Waals surface area contributed by atoms with Gasteiger partial charge in [-0.2, -0.15) is 0 Å². The second kappa shape index (κ2) is 3.57. The third-order valence-electron chi connectivity index (χ3n) is 2.93. The molecule has 14 heavy (non-hydrogen) atoms. The molecular weight excluding hydrogens is 184 g/mol. The van der Waals surface area contributed by atoms with Crippen LogP contribution >= 0.6 is 0 Å². The Morgan fingerprint density at radius 2 is 2.43 bits per heavy atom. The van der Waals surface area contributed by atoms with E-state index < -0.39 is 0 Å². The van der Waals surface area contributed by atoms with E-state index >= 15 is 0 Å². The first-order chi connectivity index (χ1) is 6.74. The summed E-state index contributed by atoms with van der Waals surface area (Å²) in [5.41, 5.74) is 0. The maximum atomic E-state index is 11.4. The molecular formula is C9H14N2O3. The second-order valence-corrected chi connectivity index (χ2v) is 3.65. The Morgan fingerprint density at radius 3 is 3.14 bits per heavy atom. The number of hydrogen-bond donors (Lipinski definition) is 1. The van der Waals surface area contributed by atoms with Crippen LogP contribution in [0.3, 0.4) is 0 Å². The molecule has 0 saturated carbocycles. The molecule has 2 fully saturated rings. The van der Waals surface area contributed by atoms with Crippen molar-refractivity contribution in [3.8, 4) is 0 Å². The molecule has 0 spiro atoms. The van der Waals surface area contributed by atoms with Gasteiger partial charge in [0.15, 0.2) is 0 Å². The first kappa shape index (κ1) is 9.45. The van der Waals surface area contributed by atoms with Crippen LogP contribution in [-0.2, 0) is 14.3 Å². The molecule has 2 saturated heterocycles. The highest BCUT2D eigenvalue weighted by Crippen LogP contribution is 2.23. The minimum Gasteiger partial charge on any atom is -0.468 e. The molecule has 2 heterocycles. The van der Waals surface area contributed by atoms with Crippen molar-refractivity contribution in [3.05, 3.63) is 0 Å². The van der Waals surface area contributed by atoms with Gasteiger partial charge in [0, 0.05) is 19.5 Å². The third kappa shape index (κ3) is 1.37. The van der Waals surface area contributed by atoms with Crippen LogP contribution in [0.5, 0.6) is 0 Å². The van der Waals surface area contributed by atoms with E-state index in [1.807, 2.05) is 0 Å². The van der Waals surface area contributed by atoms with Crippen LogP contribution in [0.25, 0.3) is 0 Å². The van der Waals surface area contributed by atoms with Gasteiger partial charge in [0.25, 0.3) is 0 Å². The highest BCUT2D eigenvalue weighted by molar-refractivity contribution is 5.83. The van der Waals surface area contributed by atoms with Gasteiger partial charge >= 0.3 is 5.97 Å². The highest BCUT2D eigenvalue weighted by atomic mass is 16.5. The van der Waals surface area contributed by atoms with E-state index in [0.717, 1.165) is 6.42 Å². The van der Waals surface area contributed by atoms with Gasteiger partial charge in [0.1, 0.15) is 6.04 Å². The molecule has 2 aliphatic rings. The minimum atomic E-state index is -0.333. The highest BCUT2D eigenvalue weighted by Gasteiger charge is 2.42. The SMILES string of the molecule is COC(=O)C1NCCN2C(=O)CC[C@H]12. The molecule has 0 bridgehead atoms. The molecule has 5 heteroatoms. The molecule has 0 aliphatic carbocycles. The topological polar surface area (TPSA) is 58.6 Å². The Kier molecular flexibility index (Phi) is 2.41. The van der Waals surface area contributed by atoms with Gasteiger partial charge < -0.3 is 15.0 Å². The van der Waals surface area contributed by atoms with E-state index in [1.165, 1.54) is 7.11 Å². The first-order valence-corrected chi connectivity index (χ1v) is 4.84. The van der Waals surface area contributed by atoms with Crippen LogP contribution in [-0.4, -0.2) is 49.1 Å². The summed E-state index contributed by atoms with van der Waals surface area (Å²) in [4.78, 5) is 24.6. The number of piperazine rings is 1. The maximum Gasteiger partial charge on any atom is 0.325 e. The van der Waals surface area contributed by atoms with Gasteiger partial charge in [-0.25, -0.2) is 0 Å². The summed E-state index contributed by atoms with van der Waals surface area (Å²) in [6.07, 6.45) is 1.31. The van der Waals surface area contributed by atoms with Crippen molar-refractivity contribution in [1.29, 1.82) is 0 Å². The lowest BCUT2D eigenvalue weighted by molar-refractivity contribution is -0.146. The van der Waals surface area contributed by atoms with E-state index in [-0.39, 0.29) is 24.0 Å². The molecule has 0 radical (unpaired) electrons. The molecule has 0 aromatic carbocycles. The van der Waals surface area contributed by atoms with E-state index in [1.54, 1.807) is 4.90 Å². The largest absolute Gasteiger partial charge is 0.468 e. The average Bonchev–Trinajstić information content (AvgIpc) is 2.59. The summed E-state index contributed by atoms with van der Waals surface area (Å²) in [5, 5.41) is 3.09. The molecule has 2 aliphatic heterocycles. The zero-order valence-corrected chi connectivity index (χ0v) is 8.16. The van der Waals surface area contributed by atoms with Crippen molar-refractivity contribution in [2.45, 2.75) is 24.9 Å². The lowest BCUT2D eigenvalue weighted by atomic mass is 10.0. The smallest absolute Gasteiger partial charge is 0.325 e. The van der Waals surface area contributed by atoms with E-state index in [9.17, 15) is 9.59 Å². The zero-order chi connectivity index (χ0) is 10.1. The Hall–Kier alpha value is -1.10. The van der Waals surface area contributed by atoms with Gasteiger partial charge in [-0.15, -0.1) is 0 Å². The Balaban J connectivity index is 2.12. The molecule has 78 valence electrons. The van der Waals surface area contributed by atoms with Gasteiger partial charge in [-0.3, -0.25) is 9.59 Å². The number of rotatable bonds is 1. The molecule has 0 aromatic rings. The summed E-state index contributed by atoms with van der Waals surface area (Å²) in [5.74, 6) is -0.111. The number of ether oxygens (including phenoxy) is 1. The fraction of sp³-hybridized carbons (Fsp3) is 0.778. The fourth-order valence-electron chi connectivity index (χ4n) is 2.24. The van der Waals surface area contributed by atoms with Gasteiger partial charge in [0.05, 0.1) is 13.2 Å². The molecule has 1 amide bonds. The standard InChI is InChI=1S/C9H14N2O3/c1-14-9(13)8-6-2-3-7(12)11(6)5-4-10-8/h6,8,10H,2-5H2,1H3/t6-,8?/m1/s1. The van der Waals surface area contributed by atoms with Crippen LogP contribution < -0.4 is 5.32 Å². The lowest BCUT2D eigenvalue weighted by Gasteiger charge is -2.35. The number of carbonyl (C=O) groups excluding carboxylic acids is 2. The van der Waals surface area contributed by atoms with Crippen LogP contribution in [0.2, 0.25) is 0 Å². The Morgan fingerprint density at radius 1 is 1.64 bits per heavy atom. The van der Waals surface area contributed by atoms with Crippen LogP contribution in [0, 0.1) is 0 Å². The van der Waals surface area contributed by atoms with Gasteiger partial charge in [-0.05, 0) is 6.42 Å². The summed E-state index contributed by atoms with van der Waals surface area (Å²) >= 11 is 0. The monoisotopic (exact) mass is 198 g/mol. The van der Waals surface area contributed by atoms with Crippen molar-refractivity contribution in [2.24, 2.45) is 0 Å². The van der Waals surface area contributed by atoms with Gasteiger partial charge in [0.2, 0.25) is 5.91 Å². The number of fused-ring (bicyclic) bond motifs is 1. The number of hydrogen-bond acceptors (Lipinski definition) is 4. The minimum absolute atomic E-state index is 0.00343. The average molecular weight is 198 g/mol. The number of methoxy groups -OCH3 is 1. The lowest BCUT2D eigenvalue weighted by Crippen LogP contribution is -2.59. The predicted octanol–water partition coefficient (Wildman–Crippen LogP) is -0.878. The maximum absolute atomic E-state index is 11.4. The van der Waals surface area contributed by atoms with Crippen molar-refractivity contribution >= 4 is 11.9 Å². The molecule has 1 N–H and O–H groups in total. The van der Waals surface area contributed by atoms with Crippen molar-refractivity contribution in [1.82, 2.24) is 10.2 Å². The van der Waals surface area contributed by atoms with E-state index in [0.29, 0.717) is 19.5 Å². The third-order valence-corrected chi connectivity index (χ3v) is 2.93. The Labute approximate surface area is 82.4 Å².